The fourth-order valence-electron chi connectivity index (χ4n) is 3.01. The predicted octanol–water partition coefficient (Wildman–Crippen LogP) is 3.91. The van der Waals surface area contributed by atoms with Crippen LogP contribution in [-0.2, 0) is 4.79 Å². The van der Waals surface area contributed by atoms with E-state index in [2.05, 4.69) is 5.32 Å². The predicted molar refractivity (Wildman–Crippen MR) is 82.7 cm³/mol. The molecule has 0 aliphatic heterocycles. The van der Waals surface area contributed by atoms with Crippen molar-refractivity contribution in [3.05, 3.63) is 28.8 Å². The van der Waals surface area contributed by atoms with Gasteiger partial charge in [-0.05, 0) is 49.4 Å². The highest BCUT2D eigenvalue weighted by atomic mass is 16.4. The number of rotatable bonds is 5. The number of nitrogens with one attached hydrogen (secondary N) is 1. The average molecular weight is 289 g/mol. The van der Waals surface area contributed by atoms with Crippen molar-refractivity contribution < 1.29 is 14.7 Å². The van der Waals surface area contributed by atoms with Gasteiger partial charge in [-0.15, -0.1) is 0 Å². The van der Waals surface area contributed by atoms with Crippen LogP contribution < -0.4 is 5.32 Å². The van der Waals surface area contributed by atoms with E-state index in [9.17, 15) is 14.7 Å². The lowest BCUT2D eigenvalue weighted by atomic mass is 10.0. The van der Waals surface area contributed by atoms with Gasteiger partial charge in [0.1, 0.15) is 0 Å². The third-order valence-corrected chi connectivity index (χ3v) is 4.44. The van der Waals surface area contributed by atoms with Crippen molar-refractivity contribution in [2.75, 3.05) is 5.32 Å². The van der Waals surface area contributed by atoms with Crippen molar-refractivity contribution in [1.29, 1.82) is 0 Å². The van der Waals surface area contributed by atoms with Crippen molar-refractivity contribution in [3.8, 4) is 0 Å². The first-order valence-corrected chi connectivity index (χ1v) is 7.61. The topological polar surface area (TPSA) is 66.4 Å². The van der Waals surface area contributed by atoms with Crippen molar-refractivity contribution in [3.63, 3.8) is 0 Å². The molecule has 2 rings (SSSR count). The van der Waals surface area contributed by atoms with E-state index in [4.69, 9.17) is 0 Å². The Morgan fingerprint density at radius 1 is 1.24 bits per heavy atom. The zero-order chi connectivity index (χ0) is 15.4. The average Bonchev–Trinajstić information content (AvgIpc) is 2.93. The molecule has 0 radical (unpaired) electrons. The van der Waals surface area contributed by atoms with E-state index in [1.54, 1.807) is 6.92 Å². The van der Waals surface area contributed by atoms with Gasteiger partial charge in [-0.3, -0.25) is 4.79 Å². The number of hydrogen-bond acceptors (Lipinski definition) is 2. The zero-order valence-electron chi connectivity index (χ0n) is 12.7. The second-order valence-electron chi connectivity index (χ2n) is 6.01. The monoisotopic (exact) mass is 289 g/mol. The SMILES string of the molecule is Cc1cc(NC(=O)CCC2CCCC2)cc(C(=O)O)c1C. The van der Waals surface area contributed by atoms with Crippen LogP contribution in [-0.4, -0.2) is 17.0 Å². The molecule has 1 amide bonds. The van der Waals surface area contributed by atoms with Gasteiger partial charge in [0.05, 0.1) is 5.56 Å². The lowest BCUT2D eigenvalue weighted by Gasteiger charge is -2.12. The molecule has 1 aromatic rings. The summed E-state index contributed by atoms with van der Waals surface area (Å²) in [5, 5.41) is 12.0. The first-order chi connectivity index (χ1) is 9.97. The van der Waals surface area contributed by atoms with Gasteiger partial charge in [0.15, 0.2) is 0 Å². The zero-order valence-corrected chi connectivity index (χ0v) is 12.7. The fourth-order valence-corrected chi connectivity index (χ4v) is 3.01. The second-order valence-corrected chi connectivity index (χ2v) is 6.01. The number of carboxylic acid groups (broad SMARTS) is 1. The molecule has 4 nitrogen and oxygen atoms in total. The molecule has 1 saturated carbocycles. The maximum Gasteiger partial charge on any atom is 0.336 e. The van der Waals surface area contributed by atoms with Crippen LogP contribution in [0.4, 0.5) is 5.69 Å². The van der Waals surface area contributed by atoms with E-state index in [1.165, 1.54) is 31.7 Å². The highest BCUT2D eigenvalue weighted by molar-refractivity contribution is 5.95. The summed E-state index contributed by atoms with van der Waals surface area (Å²) in [5.41, 5.74) is 2.44. The van der Waals surface area contributed by atoms with Crippen molar-refractivity contribution >= 4 is 17.6 Å². The van der Waals surface area contributed by atoms with Crippen LogP contribution >= 0.6 is 0 Å². The summed E-state index contributed by atoms with van der Waals surface area (Å²) in [4.78, 5) is 23.2. The Labute approximate surface area is 125 Å². The number of amides is 1. The number of carbonyl (C=O) groups is 2. The Hall–Kier alpha value is -1.84. The van der Waals surface area contributed by atoms with Gasteiger partial charge in [-0.25, -0.2) is 4.79 Å². The summed E-state index contributed by atoms with van der Waals surface area (Å²) < 4.78 is 0. The molecule has 1 aromatic carbocycles. The number of aryl methyl sites for hydroxylation is 1. The minimum Gasteiger partial charge on any atom is -0.478 e. The largest absolute Gasteiger partial charge is 0.478 e. The number of aromatic carboxylic acids is 1. The highest BCUT2D eigenvalue weighted by Crippen LogP contribution is 2.28. The lowest BCUT2D eigenvalue weighted by molar-refractivity contribution is -0.116. The van der Waals surface area contributed by atoms with Crippen molar-refractivity contribution in [1.82, 2.24) is 0 Å². The molecular weight excluding hydrogens is 266 g/mol. The van der Waals surface area contributed by atoms with Gasteiger partial charge in [-0.1, -0.05) is 25.7 Å². The molecule has 21 heavy (non-hydrogen) atoms. The van der Waals surface area contributed by atoms with Crippen molar-refractivity contribution in [2.24, 2.45) is 5.92 Å². The second kappa shape index (κ2) is 6.74. The molecule has 0 spiro atoms. The molecule has 2 N–H and O–H groups in total. The molecule has 0 bridgehead atoms. The number of benzene rings is 1. The first-order valence-electron chi connectivity index (χ1n) is 7.61. The van der Waals surface area contributed by atoms with E-state index in [1.807, 2.05) is 13.0 Å². The number of hydrogen-bond donors (Lipinski definition) is 2. The summed E-state index contributed by atoms with van der Waals surface area (Å²) >= 11 is 0. The molecule has 0 aromatic heterocycles. The van der Waals surface area contributed by atoms with Gasteiger partial charge in [-0.2, -0.15) is 0 Å². The van der Waals surface area contributed by atoms with Gasteiger partial charge in [0.2, 0.25) is 5.91 Å². The Bertz CT molecular complexity index is 545. The van der Waals surface area contributed by atoms with Crippen LogP contribution in [0.25, 0.3) is 0 Å². The quantitative estimate of drug-likeness (QED) is 0.863. The van der Waals surface area contributed by atoms with Crippen LogP contribution in [0, 0.1) is 19.8 Å². The number of carboxylic acids is 1. The molecule has 1 aliphatic carbocycles. The van der Waals surface area contributed by atoms with Gasteiger partial charge >= 0.3 is 5.97 Å². The van der Waals surface area contributed by atoms with Crippen molar-refractivity contribution in [2.45, 2.75) is 52.4 Å². The van der Waals surface area contributed by atoms with Crippen LogP contribution in [0.2, 0.25) is 0 Å². The number of anilines is 1. The third kappa shape index (κ3) is 4.06. The van der Waals surface area contributed by atoms with E-state index in [-0.39, 0.29) is 11.5 Å². The molecule has 0 heterocycles. The van der Waals surface area contributed by atoms with E-state index < -0.39 is 5.97 Å². The van der Waals surface area contributed by atoms with Gasteiger partial charge < -0.3 is 10.4 Å². The molecule has 0 unspecified atom stereocenters. The summed E-state index contributed by atoms with van der Waals surface area (Å²) in [7, 11) is 0. The Morgan fingerprint density at radius 3 is 2.52 bits per heavy atom. The summed E-state index contributed by atoms with van der Waals surface area (Å²) in [6.45, 7) is 3.64. The van der Waals surface area contributed by atoms with Gasteiger partial charge in [0.25, 0.3) is 0 Å². The summed E-state index contributed by atoms with van der Waals surface area (Å²) in [5.74, 6) is -0.302. The third-order valence-electron chi connectivity index (χ3n) is 4.44. The molecule has 114 valence electrons. The maximum absolute atomic E-state index is 12.0. The summed E-state index contributed by atoms with van der Waals surface area (Å²) in [6.07, 6.45) is 6.49. The molecule has 0 atom stereocenters. The maximum atomic E-state index is 12.0. The molecule has 1 aliphatic rings. The molecule has 4 heteroatoms. The smallest absolute Gasteiger partial charge is 0.336 e. The Morgan fingerprint density at radius 2 is 1.90 bits per heavy atom. The molecule has 1 fully saturated rings. The highest BCUT2D eigenvalue weighted by Gasteiger charge is 2.17. The van der Waals surface area contributed by atoms with Crippen LogP contribution in [0.15, 0.2) is 12.1 Å². The first kappa shape index (κ1) is 15.5. The van der Waals surface area contributed by atoms with Gasteiger partial charge in [0, 0.05) is 12.1 Å². The Balaban J connectivity index is 1.98. The molecular formula is C17H23NO3. The van der Waals surface area contributed by atoms with Crippen LogP contribution in [0.1, 0.15) is 60.0 Å². The lowest BCUT2D eigenvalue weighted by Crippen LogP contribution is -2.14. The minimum atomic E-state index is -0.961. The van der Waals surface area contributed by atoms with E-state index in [0.717, 1.165) is 17.5 Å². The summed E-state index contributed by atoms with van der Waals surface area (Å²) in [6, 6.07) is 3.37. The Kier molecular flexibility index (Phi) is 4.99. The normalized spacial score (nSPS) is 15.1. The fraction of sp³-hybridized carbons (Fsp3) is 0.529. The van der Waals surface area contributed by atoms with E-state index in [0.29, 0.717) is 18.0 Å². The van der Waals surface area contributed by atoms with Crippen LogP contribution in [0.3, 0.4) is 0 Å². The molecule has 0 saturated heterocycles. The standard InChI is InChI=1S/C17H23NO3/c1-11-9-14(10-15(12(11)2)17(20)21)18-16(19)8-7-13-5-3-4-6-13/h9-10,13H,3-8H2,1-2H3,(H,18,19)(H,20,21). The van der Waals surface area contributed by atoms with Crippen LogP contribution in [0.5, 0.6) is 0 Å². The van der Waals surface area contributed by atoms with E-state index >= 15 is 0 Å². The minimum absolute atomic E-state index is 0.0264. The number of carbonyl (C=O) groups excluding carboxylic acids is 1.